The Bertz CT molecular complexity index is 1170. The molecule has 0 unspecified atom stereocenters. The molecule has 1 saturated carbocycles. The predicted octanol–water partition coefficient (Wildman–Crippen LogP) is 4.74. The highest BCUT2D eigenvalue weighted by Crippen LogP contribution is 2.30. The van der Waals surface area contributed by atoms with Gasteiger partial charge >= 0.3 is 6.03 Å². The number of nitrogens with one attached hydrogen (secondary N) is 3. The van der Waals surface area contributed by atoms with Crippen LogP contribution in [-0.4, -0.2) is 51.1 Å². The van der Waals surface area contributed by atoms with Gasteiger partial charge < -0.3 is 20.5 Å². The standard InChI is InChI=1S/C24H28F2N6O/c1-14-9-17-18(12-27-21(17)19(25)10-14)22-28-13-20(26)23(31-22)29-15-5-4-6-16(11-15)30-24(33)32-7-2-3-8-32/h9-10,12-13,15-16,27H,2-8,11H2,1H3,(H,30,33)(H,28,29,31)/t15-,16+/m1/s1. The van der Waals surface area contributed by atoms with Crippen molar-refractivity contribution in [2.45, 2.75) is 57.5 Å². The fraction of sp³-hybridized carbons (Fsp3) is 0.458. The van der Waals surface area contributed by atoms with E-state index in [9.17, 15) is 13.6 Å². The number of anilines is 1. The van der Waals surface area contributed by atoms with Crippen molar-refractivity contribution in [3.8, 4) is 11.4 Å². The van der Waals surface area contributed by atoms with E-state index in [0.717, 1.165) is 57.0 Å². The third kappa shape index (κ3) is 4.49. The summed E-state index contributed by atoms with van der Waals surface area (Å²) >= 11 is 0. The molecule has 1 saturated heterocycles. The first-order valence-corrected chi connectivity index (χ1v) is 11.6. The topological polar surface area (TPSA) is 85.9 Å². The van der Waals surface area contributed by atoms with Crippen LogP contribution in [0.25, 0.3) is 22.3 Å². The zero-order chi connectivity index (χ0) is 22.9. The van der Waals surface area contributed by atoms with Crippen LogP contribution in [0.4, 0.5) is 19.4 Å². The number of fused-ring (bicyclic) bond motifs is 1. The van der Waals surface area contributed by atoms with Crippen LogP contribution < -0.4 is 10.6 Å². The molecule has 33 heavy (non-hydrogen) atoms. The lowest BCUT2D eigenvalue weighted by Crippen LogP contribution is -2.47. The van der Waals surface area contributed by atoms with E-state index < -0.39 is 5.82 Å². The number of aryl methyl sites for hydroxylation is 1. The van der Waals surface area contributed by atoms with E-state index in [4.69, 9.17) is 0 Å². The maximum absolute atomic E-state index is 14.6. The Labute approximate surface area is 191 Å². The van der Waals surface area contributed by atoms with Gasteiger partial charge in [0.25, 0.3) is 0 Å². The summed E-state index contributed by atoms with van der Waals surface area (Å²) < 4.78 is 28.9. The molecule has 2 atom stereocenters. The highest BCUT2D eigenvalue weighted by Gasteiger charge is 2.27. The van der Waals surface area contributed by atoms with E-state index in [1.807, 2.05) is 17.9 Å². The first-order chi connectivity index (χ1) is 16.0. The molecule has 3 heterocycles. The Kier molecular flexibility index (Phi) is 5.86. The van der Waals surface area contributed by atoms with Crippen molar-refractivity contribution in [2.75, 3.05) is 18.4 Å². The van der Waals surface area contributed by atoms with Gasteiger partial charge in [0.15, 0.2) is 17.5 Å². The van der Waals surface area contributed by atoms with Crippen molar-refractivity contribution >= 4 is 22.8 Å². The minimum absolute atomic E-state index is 0.00415. The number of amides is 2. The summed E-state index contributed by atoms with van der Waals surface area (Å²) in [7, 11) is 0. The van der Waals surface area contributed by atoms with Gasteiger partial charge in [-0.25, -0.2) is 23.5 Å². The molecule has 174 valence electrons. The number of aromatic amines is 1. The number of rotatable bonds is 4. The SMILES string of the molecule is Cc1cc(F)c2[nH]cc(-c3ncc(F)c(N[C@@H]4CCC[C@H](NC(=O)N5CCCC5)C4)n3)c2c1. The molecule has 1 aliphatic heterocycles. The molecule has 3 N–H and O–H groups in total. The molecule has 5 rings (SSSR count). The number of carbonyl (C=O) groups is 1. The van der Waals surface area contributed by atoms with Crippen molar-refractivity contribution in [1.82, 2.24) is 25.2 Å². The maximum Gasteiger partial charge on any atom is 0.317 e. The smallest absolute Gasteiger partial charge is 0.317 e. The molecule has 2 aromatic heterocycles. The number of benzene rings is 1. The van der Waals surface area contributed by atoms with Gasteiger partial charge in [-0.15, -0.1) is 0 Å². The molecule has 7 nitrogen and oxygen atoms in total. The molecular weight excluding hydrogens is 426 g/mol. The zero-order valence-electron chi connectivity index (χ0n) is 18.6. The Hall–Kier alpha value is -3.23. The summed E-state index contributed by atoms with van der Waals surface area (Å²) in [6.07, 6.45) is 8.32. The summed E-state index contributed by atoms with van der Waals surface area (Å²) in [6.45, 7) is 3.44. The zero-order valence-corrected chi connectivity index (χ0v) is 18.6. The Morgan fingerprint density at radius 2 is 1.91 bits per heavy atom. The number of hydrogen-bond donors (Lipinski definition) is 3. The molecule has 1 aromatic carbocycles. The van der Waals surface area contributed by atoms with Gasteiger partial charge in [0.05, 0.1) is 11.7 Å². The Balaban J connectivity index is 1.32. The number of likely N-dealkylation sites (tertiary alicyclic amines) is 1. The lowest BCUT2D eigenvalue weighted by Gasteiger charge is -2.32. The highest BCUT2D eigenvalue weighted by molar-refractivity contribution is 5.94. The fourth-order valence-electron chi connectivity index (χ4n) is 4.94. The van der Waals surface area contributed by atoms with Gasteiger partial charge in [0.1, 0.15) is 5.82 Å². The molecule has 0 radical (unpaired) electrons. The van der Waals surface area contributed by atoms with Crippen molar-refractivity contribution in [1.29, 1.82) is 0 Å². The lowest BCUT2D eigenvalue weighted by molar-refractivity contribution is 0.199. The minimum Gasteiger partial charge on any atom is -0.365 e. The first-order valence-electron chi connectivity index (χ1n) is 11.6. The molecular formula is C24H28F2N6O. The molecule has 2 fully saturated rings. The lowest BCUT2D eigenvalue weighted by atomic mass is 9.91. The van der Waals surface area contributed by atoms with E-state index in [1.54, 1.807) is 6.20 Å². The molecule has 2 amide bonds. The fourth-order valence-corrected chi connectivity index (χ4v) is 4.94. The summed E-state index contributed by atoms with van der Waals surface area (Å²) in [5, 5.41) is 7.02. The monoisotopic (exact) mass is 454 g/mol. The summed E-state index contributed by atoms with van der Waals surface area (Å²) in [5.74, 6) is -0.436. The second-order valence-electron chi connectivity index (χ2n) is 9.11. The maximum atomic E-state index is 14.6. The van der Waals surface area contributed by atoms with Crippen molar-refractivity contribution < 1.29 is 13.6 Å². The van der Waals surface area contributed by atoms with Gasteiger partial charge in [0, 0.05) is 42.3 Å². The van der Waals surface area contributed by atoms with Crippen LogP contribution in [-0.2, 0) is 0 Å². The number of hydrogen-bond acceptors (Lipinski definition) is 4. The van der Waals surface area contributed by atoms with E-state index in [0.29, 0.717) is 28.7 Å². The summed E-state index contributed by atoms with van der Waals surface area (Å²) in [5.41, 5.74) is 1.78. The average Bonchev–Trinajstić information content (AvgIpc) is 3.46. The molecule has 9 heteroatoms. The molecule has 2 aliphatic rings. The van der Waals surface area contributed by atoms with Crippen molar-refractivity contribution in [3.63, 3.8) is 0 Å². The van der Waals surface area contributed by atoms with Gasteiger partial charge in [-0.2, -0.15) is 0 Å². The van der Waals surface area contributed by atoms with Crippen LogP contribution >= 0.6 is 0 Å². The molecule has 1 aliphatic carbocycles. The van der Waals surface area contributed by atoms with E-state index in [1.165, 1.54) is 6.07 Å². The second kappa shape index (κ2) is 8.96. The van der Waals surface area contributed by atoms with Crippen molar-refractivity contribution in [2.24, 2.45) is 0 Å². The highest BCUT2D eigenvalue weighted by atomic mass is 19.1. The van der Waals surface area contributed by atoms with Gasteiger partial charge in [-0.05, 0) is 63.1 Å². The van der Waals surface area contributed by atoms with E-state index in [-0.39, 0.29) is 29.7 Å². The van der Waals surface area contributed by atoms with E-state index in [2.05, 4.69) is 25.6 Å². The number of carbonyl (C=O) groups excluding carboxylic acids is 1. The second-order valence-corrected chi connectivity index (χ2v) is 9.11. The number of aromatic nitrogens is 3. The van der Waals surface area contributed by atoms with Crippen LogP contribution in [0, 0.1) is 18.6 Å². The number of nitrogens with zero attached hydrogens (tertiary/aromatic N) is 3. The van der Waals surface area contributed by atoms with Crippen LogP contribution in [0.2, 0.25) is 0 Å². The number of urea groups is 1. The Morgan fingerprint density at radius 3 is 2.73 bits per heavy atom. The number of halogens is 2. The Morgan fingerprint density at radius 1 is 1.12 bits per heavy atom. The average molecular weight is 455 g/mol. The van der Waals surface area contributed by atoms with Crippen LogP contribution in [0.5, 0.6) is 0 Å². The first kappa shape index (κ1) is 21.6. The van der Waals surface area contributed by atoms with Crippen molar-refractivity contribution in [3.05, 3.63) is 41.7 Å². The molecule has 0 spiro atoms. The summed E-state index contributed by atoms with van der Waals surface area (Å²) in [6, 6.07) is 3.36. The molecule has 0 bridgehead atoms. The molecule has 3 aromatic rings. The largest absolute Gasteiger partial charge is 0.365 e. The van der Waals surface area contributed by atoms with Gasteiger partial charge in [0.2, 0.25) is 0 Å². The van der Waals surface area contributed by atoms with Gasteiger partial charge in [-0.3, -0.25) is 0 Å². The van der Waals surface area contributed by atoms with Crippen LogP contribution in [0.15, 0.2) is 24.5 Å². The van der Waals surface area contributed by atoms with Gasteiger partial charge in [-0.1, -0.05) is 0 Å². The quantitative estimate of drug-likeness (QED) is 0.532. The van der Waals surface area contributed by atoms with Crippen LogP contribution in [0.1, 0.15) is 44.1 Å². The van der Waals surface area contributed by atoms with Crippen LogP contribution in [0.3, 0.4) is 0 Å². The third-order valence-corrected chi connectivity index (χ3v) is 6.61. The minimum atomic E-state index is -0.538. The predicted molar refractivity (Wildman–Crippen MR) is 123 cm³/mol. The number of H-pyrrole nitrogens is 1. The normalized spacial score (nSPS) is 20.9. The third-order valence-electron chi connectivity index (χ3n) is 6.61. The summed E-state index contributed by atoms with van der Waals surface area (Å²) in [4.78, 5) is 25.8. The van der Waals surface area contributed by atoms with E-state index >= 15 is 0 Å².